The zero-order valence-corrected chi connectivity index (χ0v) is 14.8. The summed E-state index contributed by atoms with van der Waals surface area (Å²) >= 11 is 6.03. The van der Waals surface area contributed by atoms with Gasteiger partial charge in [0.15, 0.2) is 0 Å². The molecule has 0 heterocycles. The molecule has 132 valence electrons. The minimum absolute atomic E-state index is 0.126. The molecule has 2 amide bonds. The van der Waals surface area contributed by atoms with E-state index < -0.39 is 17.9 Å². The van der Waals surface area contributed by atoms with Crippen LogP contribution in [0.3, 0.4) is 0 Å². The number of aliphatic carboxylic acids is 1. The summed E-state index contributed by atoms with van der Waals surface area (Å²) in [6, 6.07) is 3.56. The molecule has 1 unspecified atom stereocenters. The van der Waals surface area contributed by atoms with Gasteiger partial charge in [0.25, 0.3) is 5.91 Å². The van der Waals surface area contributed by atoms with Crippen LogP contribution in [0.4, 0.5) is 5.69 Å². The predicted octanol–water partition coefficient (Wildman–Crippen LogP) is 3.31. The number of benzene rings is 1. The Labute approximate surface area is 146 Å². The fourth-order valence-corrected chi connectivity index (χ4v) is 2.35. The van der Waals surface area contributed by atoms with E-state index in [4.69, 9.17) is 16.7 Å². The van der Waals surface area contributed by atoms with Gasteiger partial charge in [-0.25, -0.2) is 4.79 Å². The lowest BCUT2D eigenvalue weighted by atomic mass is 10.1. The van der Waals surface area contributed by atoms with E-state index in [2.05, 4.69) is 10.6 Å². The lowest BCUT2D eigenvalue weighted by Gasteiger charge is -2.15. The van der Waals surface area contributed by atoms with Crippen molar-refractivity contribution in [2.24, 2.45) is 5.92 Å². The fourth-order valence-electron chi connectivity index (χ4n) is 2.14. The third kappa shape index (κ3) is 6.20. The maximum absolute atomic E-state index is 12.3. The Kier molecular flexibility index (Phi) is 7.71. The Morgan fingerprint density at radius 2 is 1.92 bits per heavy atom. The summed E-state index contributed by atoms with van der Waals surface area (Å²) in [5, 5.41) is 14.5. The lowest BCUT2D eigenvalue weighted by Crippen LogP contribution is -2.40. The molecule has 1 aromatic carbocycles. The second-order valence-electron chi connectivity index (χ2n) is 5.99. The lowest BCUT2D eigenvalue weighted by molar-refractivity contribution is -0.139. The quantitative estimate of drug-likeness (QED) is 0.667. The maximum atomic E-state index is 12.3. The molecule has 0 bridgehead atoms. The first-order valence-electron chi connectivity index (χ1n) is 7.87. The van der Waals surface area contributed by atoms with Crippen LogP contribution in [0.25, 0.3) is 0 Å². The van der Waals surface area contributed by atoms with Crippen LogP contribution in [0.5, 0.6) is 0 Å². The summed E-state index contributed by atoms with van der Waals surface area (Å²) in [5.41, 5.74) is 0.568. The third-order valence-electron chi connectivity index (χ3n) is 3.27. The van der Waals surface area contributed by atoms with Gasteiger partial charge in [0.2, 0.25) is 5.91 Å². The fraction of sp³-hybridized carbons (Fsp3) is 0.471. The van der Waals surface area contributed by atoms with Gasteiger partial charge in [-0.05, 0) is 30.5 Å². The SMILES string of the molecule is CCCC(NC(=O)c1cc(NC(=O)CC(C)C)ccc1Cl)C(=O)O. The van der Waals surface area contributed by atoms with Gasteiger partial charge in [-0.1, -0.05) is 38.8 Å². The zero-order valence-electron chi connectivity index (χ0n) is 14.1. The first kappa shape index (κ1) is 20.0. The summed E-state index contributed by atoms with van der Waals surface area (Å²) in [6.45, 7) is 5.69. The Bertz CT molecular complexity index is 617. The van der Waals surface area contributed by atoms with Crippen molar-refractivity contribution in [3.8, 4) is 0 Å². The van der Waals surface area contributed by atoms with Crippen LogP contribution >= 0.6 is 11.6 Å². The number of amides is 2. The van der Waals surface area contributed by atoms with Crippen molar-refractivity contribution in [2.45, 2.75) is 46.1 Å². The summed E-state index contributed by atoms with van der Waals surface area (Å²) in [5.74, 6) is -1.62. The number of nitrogens with one attached hydrogen (secondary N) is 2. The van der Waals surface area contributed by atoms with Gasteiger partial charge in [-0.2, -0.15) is 0 Å². The standard InChI is InChI=1S/C17H23ClN2O4/c1-4-5-14(17(23)24)20-16(22)12-9-11(6-7-13(12)18)19-15(21)8-10(2)3/h6-7,9-10,14H,4-5,8H2,1-3H3,(H,19,21)(H,20,22)(H,23,24). The van der Waals surface area contributed by atoms with E-state index in [9.17, 15) is 14.4 Å². The number of carboxylic acid groups (broad SMARTS) is 1. The van der Waals surface area contributed by atoms with E-state index >= 15 is 0 Å². The average Bonchev–Trinajstić information content (AvgIpc) is 2.47. The molecule has 1 atom stereocenters. The molecule has 24 heavy (non-hydrogen) atoms. The van der Waals surface area contributed by atoms with E-state index in [0.29, 0.717) is 24.9 Å². The smallest absolute Gasteiger partial charge is 0.326 e. The summed E-state index contributed by atoms with van der Waals surface area (Å²) in [4.78, 5) is 35.3. The molecule has 0 saturated heterocycles. The predicted molar refractivity (Wildman–Crippen MR) is 93.3 cm³/mol. The topological polar surface area (TPSA) is 95.5 Å². The number of carboxylic acids is 1. The Morgan fingerprint density at radius 1 is 1.25 bits per heavy atom. The molecular weight excluding hydrogens is 332 g/mol. The molecule has 0 spiro atoms. The van der Waals surface area contributed by atoms with Crippen molar-refractivity contribution in [1.29, 1.82) is 0 Å². The highest BCUT2D eigenvalue weighted by Crippen LogP contribution is 2.21. The van der Waals surface area contributed by atoms with Gasteiger partial charge in [0.1, 0.15) is 6.04 Å². The Morgan fingerprint density at radius 3 is 2.46 bits per heavy atom. The van der Waals surface area contributed by atoms with Crippen LogP contribution in [-0.2, 0) is 9.59 Å². The molecule has 7 heteroatoms. The monoisotopic (exact) mass is 354 g/mol. The number of hydrogen-bond donors (Lipinski definition) is 3. The summed E-state index contributed by atoms with van der Waals surface area (Å²) < 4.78 is 0. The van der Waals surface area contributed by atoms with E-state index in [1.807, 2.05) is 20.8 Å². The van der Waals surface area contributed by atoms with Gasteiger partial charge in [0.05, 0.1) is 10.6 Å². The number of rotatable bonds is 8. The van der Waals surface area contributed by atoms with Crippen LogP contribution in [-0.4, -0.2) is 28.9 Å². The zero-order chi connectivity index (χ0) is 18.3. The summed E-state index contributed by atoms with van der Waals surface area (Å²) in [6.07, 6.45) is 1.31. The molecule has 0 fully saturated rings. The highest BCUT2D eigenvalue weighted by atomic mass is 35.5. The van der Waals surface area contributed by atoms with E-state index in [0.717, 1.165) is 0 Å². The van der Waals surface area contributed by atoms with Crippen molar-refractivity contribution in [2.75, 3.05) is 5.32 Å². The van der Waals surface area contributed by atoms with Crippen molar-refractivity contribution in [3.05, 3.63) is 28.8 Å². The number of halogens is 1. The van der Waals surface area contributed by atoms with Crippen molar-refractivity contribution >= 4 is 35.1 Å². The van der Waals surface area contributed by atoms with E-state index in [1.165, 1.54) is 12.1 Å². The number of anilines is 1. The average molecular weight is 355 g/mol. The van der Waals surface area contributed by atoms with Crippen molar-refractivity contribution < 1.29 is 19.5 Å². The normalized spacial score (nSPS) is 11.9. The van der Waals surface area contributed by atoms with Crippen LogP contribution in [0.1, 0.15) is 50.4 Å². The summed E-state index contributed by atoms with van der Waals surface area (Å²) in [7, 11) is 0. The molecule has 0 aliphatic rings. The molecule has 0 aliphatic heterocycles. The molecule has 1 rings (SSSR count). The van der Waals surface area contributed by atoms with E-state index in [-0.39, 0.29) is 22.4 Å². The molecule has 0 radical (unpaired) electrons. The van der Waals surface area contributed by atoms with Crippen molar-refractivity contribution in [3.63, 3.8) is 0 Å². The molecule has 1 aromatic rings. The number of hydrogen-bond acceptors (Lipinski definition) is 3. The van der Waals surface area contributed by atoms with Crippen molar-refractivity contribution in [1.82, 2.24) is 5.32 Å². The third-order valence-corrected chi connectivity index (χ3v) is 3.60. The minimum atomic E-state index is -1.09. The second kappa shape index (κ2) is 9.27. The van der Waals surface area contributed by atoms with Gasteiger partial charge >= 0.3 is 5.97 Å². The van der Waals surface area contributed by atoms with Crippen LogP contribution in [0.15, 0.2) is 18.2 Å². The maximum Gasteiger partial charge on any atom is 0.326 e. The molecule has 6 nitrogen and oxygen atoms in total. The molecule has 0 aromatic heterocycles. The first-order valence-corrected chi connectivity index (χ1v) is 8.25. The largest absolute Gasteiger partial charge is 0.480 e. The van der Waals surface area contributed by atoms with Gasteiger partial charge in [0, 0.05) is 12.1 Å². The first-order chi connectivity index (χ1) is 11.2. The molecular formula is C17H23ClN2O4. The van der Waals surface area contributed by atoms with Crippen LogP contribution in [0.2, 0.25) is 5.02 Å². The Balaban J connectivity index is 2.90. The second-order valence-corrected chi connectivity index (χ2v) is 6.40. The van der Waals surface area contributed by atoms with Crippen LogP contribution in [0, 0.1) is 5.92 Å². The number of carbonyl (C=O) groups excluding carboxylic acids is 2. The highest BCUT2D eigenvalue weighted by molar-refractivity contribution is 6.34. The van der Waals surface area contributed by atoms with E-state index in [1.54, 1.807) is 6.07 Å². The molecule has 0 aliphatic carbocycles. The Hall–Kier alpha value is -2.08. The highest BCUT2D eigenvalue weighted by Gasteiger charge is 2.21. The minimum Gasteiger partial charge on any atom is -0.480 e. The molecule has 0 saturated carbocycles. The molecule has 3 N–H and O–H groups in total. The van der Waals surface area contributed by atoms with Gasteiger partial charge in [-0.15, -0.1) is 0 Å². The number of carbonyl (C=O) groups is 3. The van der Waals surface area contributed by atoms with Crippen LogP contribution < -0.4 is 10.6 Å². The van der Waals surface area contributed by atoms with Gasteiger partial charge < -0.3 is 15.7 Å². The van der Waals surface area contributed by atoms with Gasteiger partial charge in [-0.3, -0.25) is 9.59 Å².